The molecule has 2 aliphatic heterocycles. The Hall–Kier alpha value is -3.14. The van der Waals surface area contributed by atoms with E-state index < -0.39 is 18.0 Å². The summed E-state index contributed by atoms with van der Waals surface area (Å²) in [6, 6.07) is 5.39. The molecule has 2 N–H and O–H groups in total. The molecule has 2 saturated heterocycles. The summed E-state index contributed by atoms with van der Waals surface area (Å²) in [6.45, 7) is 9.85. The van der Waals surface area contributed by atoms with Gasteiger partial charge in [0.1, 0.15) is 17.8 Å². The maximum atomic E-state index is 13.8. The van der Waals surface area contributed by atoms with Gasteiger partial charge in [0.05, 0.1) is 18.3 Å². The summed E-state index contributed by atoms with van der Waals surface area (Å²) in [5.74, 6) is -0.565. The van der Waals surface area contributed by atoms with Gasteiger partial charge < -0.3 is 29.9 Å². The standard InChI is InChI=1S/C30H44N4O6/c1-5-21-18-33(15-16-39-21)29(38)24-10-8-14-34(24)28(37)23(17-20(2)3)31-27(36)22-9-6-7-11-25(22)40-19-26(35)32-30(4)12-13-30/h6-7,9,11,20-21,23-24H,5,8,10,12-19H2,1-4H3,(H,31,36)(H,32,35)/t21-,23+,24+/m0/s1. The monoisotopic (exact) mass is 556 g/mol. The summed E-state index contributed by atoms with van der Waals surface area (Å²) in [6.07, 6.45) is 4.51. The molecule has 1 aliphatic carbocycles. The highest BCUT2D eigenvalue weighted by Crippen LogP contribution is 2.34. The molecule has 0 bridgehead atoms. The average Bonchev–Trinajstić information content (AvgIpc) is 3.45. The molecular formula is C30H44N4O6. The number of benzene rings is 1. The Labute approximate surface area is 237 Å². The second-order valence-corrected chi connectivity index (χ2v) is 11.9. The van der Waals surface area contributed by atoms with E-state index in [0.29, 0.717) is 39.1 Å². The van der Waals surface area contributed by atoms with E-state index in [1.165, 1.54) is 0 Å². The first-order chi connectivity index (χ1) is 19.1. The molecule has 3 fully saturated rings. The third kappa shape index (κ3) is 7.53. The number of ether oxygens (including phenoxy) is 2. The third-order valence-electron chi connectivity index (χ3n) is 7.97. The van der Waals surface area contributed by atoms with Crippen LogP contribution in [0.5, 0.6) is 5.75 Å². The van der Waals surface area contributed by atoms with Gasteiger partial charge in [-0.25, -0.2) is 0 Å². The molecule has 0 radical (unpaired) electrons. The van der Waals surface area contributed by atoms with E-state index in [1.54, 1.807) is 29.2 Å². The molecule has 1 saturated carbocycles. The molecule has 1 aromatic rings. The summed E-state index contributed by atoms with van der Waals surface area (Å²) >= 11 is 0. The van der Waals surface area contributed by atoms with Crippen molar-refractivity contribution in [1.82, 2.24) is 20.4 Å². The number of hydrogen-bond donors (Lipinski definition) is 2. The quantitative estimate of drug-likeness (QED) is 0.433. The Morgan fingerprint density at radius 1 is 1.15 bits per heavy atom. The van der Waals surface area contributed by atoms with Gasteiger partial charge >= 0.3 is 0 Å². The highest BCUT2D eigenvalue weighted by atomic mass is 16.5. The van der Waals surface area contributed by atoms with Crippen LogP contribution in [0.3, 0.4) is 0 Å². The Balaban J connectivity index is 1.43. The van der Waals surface area contributed by atoms with Gasteiger partial charge in [0.25, 0.3) is 11.8 Å². The molecule has 220 valence electrons. The predicted molar refractivity (Wildman–Crippen MR) is 150 cm³/mol. The number of amides is 4. The first-order valence-corrected chi connectivity index (χ1v) is 14.6. The van der Waals surface area contributed by atoms with E-state index in [4.69, 9.17) is 9.47 Å². The first kappa shape index (κ1) is 29.8. The van der Waals surface area contributed by atoms with E-state index in [1.807, 2.05) is 32.6 Å². The predicted octanol–water partition coefficient (Wildman–Crippen LogP) is 2.51. The normalized spacial score (nSPS) is 22.5. The van der Waals surface area contributed by atoms with Crippen molar-refractivity contribution in [2.75, 3.05) is 32.8 Å². The van der Waals surface area contributed by atoms with Crippen LogP contribution in [0, 0.1) is 5.92 Å². The Bertz CT molecular complexity index is 1090. The van der Waals surface area contributed by atoms with Crippen molar-refractivity contribution >= 4 is 23.6 Å². The molecule has 0 aromatic heterocycles. The average molecular weight is 557 g/mol. The number of nitrogens with one attached hydrogen (secondary N) is 2. The number of para-hydroxylation sites is 1. The molecule has 0 spiro atoms. The van der Waals surface area contributed by atoms with Gasteiger partial charge in [0.2, 0.25) is 11.8 Å². The lowest BCUT2D eigenvalue weighted by Crippen LogP contribution is -2.56. The lowest BCUT2D eigenvalue weighted by atomic mass is 10.0. The van der Waals surface area contributed by atoms with Gasteiger partial charge in [-0.1, -0.05) is 32.9 Å². The minimum absolute atomic E-state index is 0.0152. The van der Waals surface area contributed by atoms with Gasteiger partial charge in [-0.15, -0.1) is 0 Å². The fourth-order valence-electron chi connectivity index (χ4n) is 5.40. The van der Waals surface area contributed by atoms with Crippen LogP contribution >= 0.6 is 0 Å². The van der Waals surface area contributed by atoms with Crippen LogP contribution in [-0.4, -0.2) is 90.0 Å². The molecule has 10 nitrogen and oxygen atoms in total. The number of nitrogens with zero attached hydrogens (tertiary/aromatic N) is 2. The van der Waals surface area contributed by atoms with Crippen molar-refractivity contribution in [2.45, 2.75) is 89.9 Å². The van der Waals surface area contributed by atoms with Crippen LogP contribution in [0.25, 0.3) is 0 Å². The number of likely N-dealkylation sites (tertiary alicyclic amines) is 1. The molecule has 3 aliphatic rings. The first-order valence-electron chi connectivity index (χ1n) is 14.6. The number of rotatable bonds is 11. The maximum absolute atomic E-state index is 13.8. The third-order valence-corrected chi connectivity index (χ3v) is 7.97. The van der Waals surface area contributed by atoms with E-state index in [2.05, 4.69) is 10.6 Å². The van der Waals surface area contributed by atoms with E-state index in [9.17, 15) is 19.2 Å². The zero-order chi connectivity index (χ0) is 28.9. The van der Waals surface area contributed by atoms with Crippen LogP contribution in [0.15, 0.2) is 24.3 Å². The Kier molecular flexibility index (Phi) is 9.71. The second-order valence-electron chi connectivity index (χ2n) is 11.9. The fraction of sp³-hybridized carbons (Fsp3) is 0.667. The Morgan fingerprint density at radius 3 is 2.60 bits per heavy atom. The molecular weight excluding hydrogens is 512 g/mol. The minimum Gasteiger partial charge on any atom is -0.483 e. The summed E-state index contributed by atoms with van der Waals surface area (Å²) in [5.41, 5.74) is 0.0956. The van der Waals surface area contributed by atoms with Crippen molar-refractivity contribution in [3.8, 4) is 5.75 Å². The lowest BCUT2D eigenvalue weighted by molar-refractivity contribution is -0.149. The number of hydrogen-bond acceptors (Lipinski definition) is 6. The number of carbonyl (C=O) groups excluding carboxylic acids is 4. The van der Waals surface area contributed by atoms with E-state index >= 15 is 0 Å². The summed E-state index contributed by atoms with van der Waals surface area (Å²) < 4.78 is 11.4. The van der Waals surface area contributed by atoms with Crippen molar-refractivity contribution in [2.24, 2.45) is 5.92 Å². The molecule has 4 rings (SSSR count). The highest BCUT2D eigenvalue weighted by Gasteiger charge is 2.41. The van der Waals surface area contributed by atoms with Crippen LogP contribution in [0.4, 0.5) is 0 Å². The fourth-order valence-corrected chi connectivity index (χ4v) is 5.40. The molecule has 3 atom stereocenters. The van der Waals surface area contributed by atoms with Gasteiger partial charge in [0, 0.05) is 25.2 Å². The lowest BCUT2D eigenvalue weighted by Gasteiger charge is -2.36. The van der Waals surface area contributed by atoms with Gasteiger partial charge in [0.15, 0.2) is 6.61 Å². The highest BCUT2D eigenvalue weighted by molar-refractivity contribution is 6.00. The summed E-state index contributed by atoms with van der Waals surface area (Å²) in [7, 11) is 0. The van der Waals surface area contributed by atoms with Crippen molar-refractivity contribution in [3.05, 3.63) is 29.8 Å². The topological polar surface area (TPSA) is 117 Å². The second kappa shape index (κ2) is 13.0. The molecule has 0 unspecified atom stereocenters. The Morgan fingerprint density at radius 2 is 1.90 bits per heavy atom. The van der Waals surface area contributed by atoms with E-state index in [-0.39, 0.29) is 53.2 Å². The molecule has 1 aromatic carbocycles. The van der Waals surface area contributed by atoms with Gasteiger partial charge in [-0.05, 0) is 63.5 Å². The number of carbonyl (C=O) groups is 4. The maximum Gasteiger partial charge on any atom is 0.258 e. The van der Waals surface area contributed by atoms with E-state index in [0.717, 1.165) is 25.7 Å². The van der Waals surface area contributed by atoms with Gasteiger partial charge in [-0.2, -0.15) is 0 Å². The van der Waals surface area contributed by atoms with Crippen molar-refractivity contribution < 1.29 is 28.7 Å². The van der Waals surface area contributed by atoms with Crippen molar-refractivity contribution in [1.29, 1.82) is 0 Å². The van der Waals surface area contributed by atoms with Crippen LogP contribution in [-0.2, 0) is 19.1 Å². The molecule has 40 heavy (non-hydrogen) atoms. The smallest absolute Gasteiger partial charge is 0.258 e. The zero-order valence-corrected chi connectivity index (χ0v) is 24.2. The zero-order valence-electron chi connectivity index (χ0n) is 24.2. The van der Waals surface area contributed by atoms with Crippen LogP contribution < -0.4 is 15.4 Å². The van der Waals surface area contributed by atoms with Gasteiger partial charge in [-0.3, -0.25) is 19.2 Å². The SMILES string of the molecule is CC[C@H]1CN(C(=O)[C@H]2CCCN2C(=O)[C@@H](CC(C)C)NC(=O)c2ccccc2OCC(=O)NC2(C)CC2)CCO1. The summed E-state index contributed by atoms with van der Waals surface area (Å²) in [5, 5.41) is 5.86. The molecule has 2 heterocycles. The van der Waals surface area contributed by atoms with Crippen LogP contribution in [0.2, 0.25) is 0 Å². The minimum atomic E-state index is -0.792. The number of morpholine rings is 1. The van der Waals surface area contributed by atoms with Crippen LogP contribution in [0.1, 0.15) is 76.6 Å². The molecule has 10 heteroatoms. The summed E-state index contributed by atoms with van der Waals surface area (Å²) in [4.78, 5) is 56.5. The largest absolute Gasteiger partial charge is 0.483 e. The van der Waals surface area contributed by atoms with Crippen molar-refractivity contribution in [3.63, 3.8) is 0 Å². The molecule has 4 amide bonds.